The highest BCUT2D eigenvalue weighted by atomic mass is 32.2. The summed E-state index contributed by atoms with van der Waals surface area (Å²) in [5.74, 6) is -0.0752. The number of methoxy groups -OCH3 is 1. The second-order valence-corrected chi connectivity index (χ2v) is 7.96. The van der Waals surface area contributed by atoms with Gasteiger partial charge in [-0.05, 0) is 35.8 Å². The van der Waals surface area contributed by atoms with Gasteiger partial charge in [-0.1, -0.05) is 0 Å². The number of hydrogen-bond donors (Lipinski definition) is 1. The zero-order chi connectivity index (χ0) is 20.3. The molecule has 3 rings (SSSR count). The minimum absolute atomic E-state index is 0.0149. The van der Waals surface area contributed by atoms with Crippen LogP contribution in [0.3, 0.4) is 0 Å². The van der Waals surface area contributed by atoms with E-state index < -0.39 is 22.8 Å². The molecule has 0 aliphatic rings. The van der Waals surface area contributed by atoms with Crippen molar-refractivity contribution < 1.29 is 18.1 Å². The van der Waals surface area contributed by atoms with E-state index in [4.69, 9.17) is 10.5 Å². The van der Waals surface area contributed by atoms with E-state index in [9.17, 15) is 13.3 Å². The summed E-state index contributed by atoms with van der Waals surface area (Å²) in [6, 6.07) is 3.09. The number of nitrogens with zero attached hydrogens (tertiary/aromatic N) is 3. The third-order valence-electron chi connectivity index (χ3n) is 4.44. The first-order chi connectivity index (χ1) is 13.4. The summed E-state index contributed by atoms with van der Waals surface area (Å²) in [5.41, 5.74) is 8.44. The molecule has 0 radical (unpaired) electrons. The highest BCUT2D eigenvalue weighted by molar-refractivity contribution is 7.91. The molecule has 28 heavy (non-hydrogen) atoms. The Morgan fingerprint density at radius 3 is 2.82 bits per heavy atom. The molecule has 0 saturated carbocycles. The predicted molar refractivity (Wildman–Crippen MR) is 105 cm³/mol. The topological polar surface area (TPSA) is 89.0 Å². The summed E-state index contributed by atoms with van der Waals surface area (Å²) in [5, 5.41) is 0. The number of anilines is 1. The highest BCUT2D eigenvalue weighted by Gasteiger charge is 2.19. The molecule has 2 aromatic heterocycles. The van der Waals surface area contributed by atoms with E-state index in [1.165, 1.54) is 6.07 Å². The number of halogens is 2. The van der Waals surface area contributed by atoms with Crippen LogP contribution in [0.4, 0.5) is 14.6 Å². The van der Waals surface area contributed by atoms with Crippen molar-refractivity contribution in [1.82, 2.24) is 14.5 Å². The Morgan fingerprint density at radius 2 is 2.11 bits per heavy atom. The third-order valence-corrected chi connectivity index (χ3v) is 5.92. The molecular formula is C19H22F2N4O2S. The van der Waals surface area contributed by atoms with Gasteiger partial charge in [0.2, 0.25) is 0 Å². The van der Waals surface area contributed by atoms with Gasteiger partial charge in [-0.3, -0.25) is 0 Å². The number of aromatic nitrogens is 3. The van der Waals surface area contributed by atoms with Crippen LogP contribution < -0.4 is 5.73 Å². The van der Waals surface area contributed by atoms with Crippen molar-refractivity contribution >= 4 is 28.0 Å². The van der Waals surface area contributed by atoms with Gasteiger partial charge in [-0.15, -0.1) is 0 Å². The molecule has 1 aromatic carbocycles. The van der Waals surface area contributed by atoms with Crippen LogP contribution in [0.1, 0.15) is 17.8 Å². The Morgan fingerprint density at radius 1 is 1.32 bits per heavy atom. The molecule has 1 unspecified atom stereocenters. The molecule has 0 amide bonds. The monoisotopic (exact) mass is 408 g/mol. The van der Waals surface area contributed by atoms with Crippen molar-refractivity contribution in [3.63, 3.8) is 0 Å². The van der Waals surface area contributed by atoms with Crippen molar-refractivity contribution in [3.05, 3.63) is 47.4 Å². The van der Waals surface area contributed by atoms with Gasteiger partial charge in [0.1, 0.15) is 22.9 Å². The Balaban J connectivity index is 1.80. The number of ether oxygens (including phenoxy) is 1. The van der Waals surface area contributed by atoms with E-state index in [-0.39, 0.29) is 10.6 Å². The maximum Gasteiger partial charge on any atom is 0.188 e. The van der Waals surface area contributed by atoms with Crippen molar-refractivity contribution in [1.29, 1.82) is 0 Å². The van der Waals surface area contributed by atoms with Crippen LogP contribution in [0.2, 0.25) is 0 Å². The molecule has 3 aromatic rings. The van der Waals surface area contributed by atoms with E-state index >= 15 is 0 Å². The normalized spacial score (nSPS) is 12.6. The van der Waals surface area contributed by atoms with Crippen LogP contribution in [-0.4, -0.2) is 38.6 Å². The quantitative estimate of drug-likeness (QED) is 0.579. The van der Waals surface area contributed by atoms with E-state index in [0.29, 0.717) is 37.3 Å². The van der Waals surface area contributed by atoms with E-state index in [1.54, 1.807) is 13.3 Å². The lowest BCUT2D eigenvalue weighted by Gasteiger charge is -2.13. The van der Waals surface area contributed by atoms with E-state index in [1.807, 2.05) is 11.5 Å². The van der Waals surface area contributed by atoms with Crippen LogP contribution in [0, 0.1) is 18.6 Å². The molecule has 6 nitrogen and oxygen atoms in total. The maximum absolute atomic E-state index is 13.8. The van der Waals surface area contributed by atoms with Gasteiger partial charge in [0.05, 0.1) is 12.1 Å². The average molecular weight is 408 g/mol. The molecular weight excluding hydrogens is 386 g/mol. The fraction of sp³-hybridized carbons (Fsp3) is 0.368. The minimum atomic E-state index is -1.56. The van der Waals surface area contributed by atoms with Crippen molar-refractivity contribution in [2.45, 2.75) is 31.2 Å². The Labute approximate surface area is 164 Å². The molecule has 9 heteroatoms. The standard InChI is InChI=1S/C19H22F2N4O2S/c1-12-11-23-19(22)17-18(12)25(16(24-17)6-8-27-2)7-3-9-28(26)15-5-4-13(20)10-14(15)21/h4-5,10-11H,3,6-9H2,1-2H3,(H2,22,23). The zero-order valence-corrected chi connectivity index (χ0v) is 16.6. The molecule has 0 aliphatic heterocycles. The first-order valence-electron chi connectivity index (χ1n) is 8.85. The van der Waals surface area contributed by atoms with Gasteiger partial charge in [0, 0.05) is 38.8 Å². The maximum atomic E-state index is 13.8. The fourth-order valence-electron chi connectivity index (χ4n) is 3.11. The van der Waals surface area contributed by atoms with Crippen molar-refractivity contribution in [3.8, 4) is 0 Å². The van der Waals surface area contributed by atoms with Gasteiger partial charge in [-0.25, -0.2) is 18.7 Å². The van der Waals surface area contributed by atoms with Crippen LogP contribution in [-0.2, 0) is 28.9 Å². The second kappa shape index (κ2) is 8.85. The molecule has 2 N–H and O–H groups in total. The molecule has 0 fully saturated rings. The minimum Gasteiger partial charge on any atom is -0.611 e. The Kier molecular flexibility index (Phi) is 6.48. The number of pyridine rings is 1. The smallest absolute Gasteiger partial charge is 0.188 e. The van der Waals surface area contributed by atoms with Crippen molar-refractivity contribution in [2.75, 3.05) is 25.2 Å². The number of aryl methyl sites for hydroxylation is 2. The number of imidazole rings is 1. The van der Waals surface area contributed by atoms with Gasteiger partial charge in [0.15, 0.2) is 16.5 Å². The highest BCUT2D eigenvalue weighted by Crippen LogP contribution is 2.25. The summed E-state index contributed by atoms with van der Waals surface area (Å²) < 4.78 is 46.5. The number of fused-ring (bicyclic) bond motifs is 1. The van der Waals surface area contributed by atoms with Crippen LogP contribution in [0.25, 0.3) is 11.0 Å². The van der Waals surface area contributed by atoms with Gasteiger partial charge in [0.25, 0.3) is 0 Å². The van der Waals surface area contributed by atoms with E-state index in [2.05, 4.69) is 9.97 Å². The lowest BCUT2D eigenvalue weighted by atomic mass is 10.2. The van der Waals surface area contributed by atoms with Gasteiger partial charge in [-0.2, -0.15) is 0 Å². The van der Waals surface area contributed by atoms with Gasteiger partial charge < -0.3 is 19.6 Å². The third kappa shape index (κ3) is 4.26. The second-order valence-electron chi connectivity index (χ2n) is 6.42. The molecule has 0 bridgehead atoms. The first-order valence-corrected chi connectivity index (χ1v) is 10.2. The lowest BCUT2D eigenvalue weighted by molar-refractivity contribution is 0.199. The SMILES string of the molecule is COCCc1nc2c(N)ncc(C)c2n1CCC[S+]([O-])c1ccc(F)cc1F. The fourth-order valence-corrected chi connectivity index (χ4v) is 4.22. The first kappa shape index (κ1) is 20.5. The summed E-state index contributed by atoms with van der Waals surface area (Å²) in [6.45, 7) is 2.97. The number of hydrogen-bond acceptors (Lipinski definition) is 5. The zero-order valence-electron chi connectivity index (χ0n) is 15.7. The van der Waals surface area contributed by atoms with Gasteiger partial charge >= 0.3 is 0 Å². The van der Waals surface area contributed by atoms with Crippen molar-refractivity contribution in [2.24, 2.45) is 0 Å². The number of rotatable bonds is 8. The van der Waals surface area contributed by atoms with E-state index in [0.717, 1.165) is 29.0 Å². The summed E-state index contributed by atoms with van der Waals surface area (Å²) in [6.07, 6.45) is 2.82. The number of nitrogens with two attached hydrogens (primary N) is 1. The Hall–Kier alpha value is -2.23. The molecule has 2 heterocycles. The Bertz CT molecular complexity index is 980. The molecule has 1 atom stereocenters. The average Bonchev–Trinajstić information content (AvgIpc) is 3.02. The van der Waals surface area contributed by atoms with Crippen LogP contribution >= 0.6 is 0 Å². The number of nitrogen functional groups attached to an aromatic ring is 1. The molecule has 0 aliphatic carbocycles. The lowest BCUT2D eigenvalue weighted by Crippen LogP contribution is -2.14. The summed E-state index contributed by atoms with van der Waals surface area (Å²) >= 11 is -1.56. The molecule has 0 spiro atoms. The number of benzene rings is 1. The summed E-state index contributed by atoms with van der Waals surface area (Å²) in [7, 11) is 1.62. The summed E-state index contributed by atoms with van der Waals surface area (Å²) in [4.78, 5) is 8.78. The molecule has 150 valence electrons. The largest absolute Gasteiger partial charge is 0.611 e. The van der Waals surface area contributed by atoms with Crippen LogP contribution in [0.5, 0.6) is 0 Å². The molecule has 0 saturated heterocycles. The van der Waals surface area contributed by atoms with Crippen LogP contribution in [0.15, 0.2) is 29.3 Å². The predicted octanol–water partition coefficient (Wildman–Crippen LogP) is 2.99.